The lowest BCUT2D eigenvalue weighted by Crippen LogP contribution is -2.49. The van der Waals surface area contributed by atoms with E-state index in [0.29, 0.717) is 21.6 Å². The molecule has 0 unspecified atom stereocenters. The lowest BCUT2D eigenvalue weighted by atomic mass is 10.0. The Hall–Kier alpha value is -2.51. The highest BCUT2D eigenvalue weighted by Gasteiger charge is 2.33. The van der Waals surface area contributed by atoms with E-state index in [1.807, 2.05) is 30.0 Å². The summed E-state index contributed by atoms with van der Waals surface area (Å²) in [4.78, 5) is 35.7. The molecule has 7 heteroatoms. The Labute approximate surface area is 161 Å². The Morgan fingerprint density at radius 1 is 1.19 bits per heavy atom. The minimum absolute atomic E-state index is 0.00199. The summed E-state index contributed by atoms with van der Waals surface area (Å²) in [5.41, 5.74) is 1.76. The van der Waals surface area contributed by atoms with E-state index in [4.69, 9.17) is 0 Å². The van der Waals surface area contributed by atoms with Crippen LogP contribution in [-0.2, 0) is 7.05 Å². The molecule has 0 aliphatic carbocycles. The van der Waals surface area contributed by atoms with Crippen molar-refractivity contribution in [2.45, 2.75) is 13.0 Å². The van der Waals surface area contributed by atoms with E-state index < -0.39 is 0 Å². The summed E-state index contributed by atoms with van der Waals surface area (Å²) < 4.78 is 1.46. The number of carbonyl (C=O) groups is 1. The van der Waals surface area contributed by atoms with Crippen LogP contribution in [0, 0.1) is 6.92 Å². The Balaban J connectivity index is 1.77. The van der Waals surface area contributed by atoms with Crippen molar-refractivity contribution >= 4 is 27.5 Å². The number of likely N-dealkylation sites (N-methyl/N-ethyl adjacent to an activating group) is 1. The van der Waals surface area contributed by atoms with Crippen molar-refractivity contribution in [2.24, 2.45) is 7.05 Å². The second-order valence-electron chi connectivity index (χ2n) is 7.08. The summed E-state index contributed by atoms with van der Waals surface area (Å²) in [7, 11) is 3.76. The molecule has 0 N–H and O–H groups in total. The third-order valence-electron chi connectivity index (χ3n) is 5.23. The number of aromatic nitrogens is 2. The summed E-state index contributed by atoms with van der Waals surface area (Å²) >= 11 is 1.32. The Kier molecular flexibility index (Phi) is 4.57. The van der Waals surface area contributed by atoms with Crippen LogP contribution >= 0.6 is 11.3 Å². The number of amides is 1. The third kappa shape index (κ3) is 3.07. The van der Waals surface area contributed by atoms with Gasteiger partial charge in [-0.25, -0.2) is 4.98 Å². The number of aryl methyl sites for hydroxylation is 2. The van der Waals surface area contributed by atoms with Crippen molar-refractivity contribution in [3.8, 4) is 0 Å². The van der Waals surface area contributed by atoms with Crippen LogP contribution in [0.15, 0.2) is 41.5 Å². The zero-order valence-corrected chi connectivity index (χ0v) is 16.5. The second kappa shape index (κ2) is 6.90. The lowest BCUT2D eigenvalue weighted by molar-refractivity contribution is 0.0502. The summed E-state index contributed by atoms with van der Waals surface area (Å²) in [6, 6.07) is 10.1. The fourth-order valence-electron chi connectivity index (χ4n) is 3.67. The van der Waals surface area contributed by atoms with Crippen LogP contribution in [0.5, 0.6) is 0 Å². The van der Waals surface area contributed by atoms with Crippen LogP contribution in [0.4, 0.5) is 0 Å². The van der Waals surface area contributed by atoms with Gasteiger partial charge in [0.05, 0.1) is 22.6 Å². The molecule has 0 spiro atoms. The zero-order chi connectivity index (χ0) is 19.1. The van der Waals surface area contributed by atoms with E-state index in [0.717, 1.165) is 24.2 Å². The van der Waals surface area contributed by atoms with Crippen molar-refractivity contribution in [1.82, 2.24) is 19.4 Å². The standard InChI is InChI=1S/C20H22N4O2S/c1-13-16-18(21-12-23(3)19(16)25)27-17(13)20(26)24-10-9-22(2)11-15(24)14-7-5-4-6-8-14/h4-8,12,15H,9-11H2,1-3H3/t15-/m0/s1. The number of carbonyl (C=O) groups excluding carboxylic acids is 1. The zero-order valence-electron chi connectivity index (χ0n) is 15.7. The van der Waals surface area contributed by atoms with Crippen LogP contribution in [0.3, 0.4) is 0 Å². The van der Waals surface area contributed by atoms with Crippen LogP contribution in [-0.4, -0.2) is 51.9 Å². The molecule has 0 bridgehead atoms. The van der Waals surface area contributed by atoms with E-state index in [1.54, 1.807) is 7.05 Å². The van der Waals surface area contributed by atoms with Gasteiger partial charge in [-0.05, 0) is 25.1 Å². The van der Waals surface area contributed by atoms with Gasteiger partial charge in [-0.15, -0.1) is 11.3 Å². The van der Waals surface area contributed by atoms with Gasteiger partial charge < -0.3 is 14.4 Å². The van der Waals surface area contributed by atoms with Crippen LogP contribution < -0.4 is 5.56 Å². The minimum atomic E-state index is -0.106. The molecule has 1 aliphatic rings. The number of nitrogens with zero attached hydrogens (tertiary/aromatic N) is 4. The van der Waals surface area contributed by atoms with Gasteiger partial charge >= 0.3 is 0 Å². The van der Waals surface area contributed by atoms with Gasteiger partial charge in [-0.1, -0.05) is 30.3 Å². The molecule has 4 rings (SSSR count). The first-order valence-electron chi connectivity index (χ1n) is 8.96. The van der Waals surface area contributed by atoms with Crippen molar-refractivity contribution in [1.29, 1.82) is 0 Å². The maximum Gasteiger partial charge on any atom is 0.264 e. The number of fused-ring (bicyclic) bond motifs is 1. The van der Waals surface area contributed by atoms with Gasteiger partial charge in [0.25, 0.3) is 11.5 Å². The van der Waals surface area contributed by atoms with Crippen LogP contribution in [0.2, 0.25) is 0 Å². The average molecular weight is 382 g/mol. The number of benzene rings is 1. The molecule has 1 fully saturated rings. The molecule has 1 atom stereocenters. The predicted molar refractivity (Wildman–Crippen MR) is 107 cm³/mol. The van der Waals surface area contributed by atoms with Crippen molar-refractivity contribution < 1.29 is 4.79 Å². The van der Waals surface area contributed by atoms with E-state index in [-0.39, 0.29) is 17.5 Å². The quantitative estimate of drug-likeness (QED) is 0.683. The Morgan fingerprint density at radius 3 is 2.67 bits per heavy atom. The Morgan fingerprint density at radius 2 is 1.93 bits per heavy atom. The minimum Gasteiger partial charge on any atom is -0.328 e. The maximum atomic E-state index is 13.5. The normalized spacial score (nSPS) is 18.2. The third-order valence-corrected chi connectivity index (χ3v) is 6.42. The SMILES string of the molecule is Cc1c(C(=O)N2CCN(C)C[C@H]2c2ccccc2)sc2ncn(C)c(=O)c12. The van der Waals surface area contributed by atoms with Crippen molar-refractivity contribution in [3.63, 3.8) is 0 Å². The van der Waals surface area contributed by atoms with E-state index in [1.165, 1.54) is 22.2 Å². The average Bonchev–Trinajstić information content (AvgIpc) is 3.02. The highest BCUT2D eigenvalue weighted by Crippen LogP contribution is 2.32. The summed E-state index contributed by atoms with van der Waals surface area (Å²) in [5, 5.41) is 0.554. The van der Waals surface area contributed by atoms with E-state index in [9.17, 15) is 9.59 Å². The molecule has 3 heterocycles. The molecular weight excluding hydrogens is 360 g/mol. The van der Waals surface area contributed by atoms with Crippen LogP contribution in [0.1, 0.15) is 26.8 Å². The van der Waals surface area contributed by atoms with E-state index in [2.05, 4.69) is 29.1 Å². The van der Waals surface area contributed by atoms with Gasteiger partial charge in [0.2, 0.25) is 0 Å². The molecular formula is C20H22N4O2S. The predicted octanol–water partition coefficient (Wildman–Crippen LogP) is 2.43. The first-order valence-corrected chi connectivity index (χ1v) is 9.78. The molecule has 0 saturated carbocycles. The number of piperazine rings is 1. The molecule has 1 amide bonds. The molecule has 3 aromatic rings. The highest BCUT2D eigenvalue weighted by molar-refractivity contribution is 7.20. The number of thiophene rings is 1. The van der Waals surface area contributed by atoms with Gasteiger partial charge in [0.15, 0.2) is 0 Å². The topological polar surface area (TPSA) is 58.4 Å². The van der Waals surface area contributed by atoms with Crippen LogP contribution in [0.25, 0.3) is 10.2 Å². The molecule has 1 saturated heterocycles. The first kappa shape index (κ1) is 17.9. The summed E-state index contributed by atoms with van der Waals surface area (Å²) in [6.45, 7) is 4.13. The van der Waals surface area contributed by atoms with Gasteiger partial charge in [-0.2, -0.15) is 0 Å². The molecule has 1 aromatic carbocycles. The number of rotatable bonds is 2. The lowest BCUT2D eigenvalue weighted by Gasteiger charge is -2.40. The largest absolute Gasteiger partial charge is 0.328 e. The number of hydrogen-bond acceptors (Lipinski definition) is 5. The van der Waals surface area contributed by atoms with Gasteiger partial charge in [-0.3, -0.25) is 9.59 Å². The smallest absolute Gasteiger partial charge is 0.264 e. The van der Waals surface area contributed by atoms with Gasteiger partial charge in [0, 0.05) is 26.7 Å². The fraction of sp³-hybridized carbons (Fsp3) is 0.350. The number of hydrogen-bond donors (Lipinski definition) is 0. The molecule has 27 heavy (non-hydrogen) atoms. The highest BCUT2D eigenvalue weighted by atomic mass is 32.1. The molecule has 1 aliphatic heterocycles. The van der Waals surface area contributed by atoms with E-state index >= 15 is 0 Å². The monoisotopic (exact) mass is 382 g/mol. The summed E-state index contributed by atoms with van der Waals surface area (Å²) in [5.74, 6) is -0.0143. The van der Waals surface area contributed by atoms with Gasteiger partial charge in [0.1, 0.15) is 4.83 Å². The maximum absolute atomic E-state index is 13.5. The molecule has 2 aromatic heterocycles. The Bertz CT molecular complexity index is 1060. The molecule has 0 radical (unpaired) electrons. The van der Waals surface area contributed by atoms with Crippen molar-refractivity contribution in [3.05, 3.63) is 63.0 Å². The molecule has 6 nitrogen and oxygen atoms in total. The first-order chi connectivity index (χ1) is 13.0. The van der Waals surface area contributed by atoms with Crippen molar-refractivity contribution in [2.75, 3.05) is 26.7 Å². The second-order valence-corrected chi connectivity index (χ2v) is 8.08. The molecule has 140 valence electrons. The summed E-state index contributed by atoms with van der Waals surface area (Å²) in [6.07, 6.45) is 1.51. The fourth-order valence-corrected chi connectivity index (χ4v) is 4.76.